The first kappa shape index (κ1) is 26.8. The summed E-state index contributed by atoms with van der Waals surface area (Å²) in [4.78, 5) is 14.0. The van der Waals surface area contributed by atoms with Crippen LogP contribution >= 0.6 is 0 Å². The number of carbonyl (C=O) groups excluding carboxylic acids is 1. The molecule has 5 nitrogen and oxygen atoms in total. The van der Waals surface area contributed by atoms with Gasteiger partial charge in [-0.1, -0.05) is 6.07 Å². The van der Waals surface area contributed by atoms with Crippen LogP contribution in [0, 0.1) is 5.92 Å². The number of amides is 1. The minimum atomic E-state index is -4.90. The minimum Gasteiger partial charge on any atom is -0.406 e. The molecule has 12 heteroatoms. The van der Waals surface area contributed by atoms with Crippen molar-refractivity contribution in [1.82, 2.24) is 4.90 Å². The van der Waals surface area contributed by atoms with Crippen molar-refractivity contribution in [2.45, 2.75) is 48.9 Å². The van der Waals surface area contributed by atoms with Crippen LogP contribution in [0.25, 0.3) is 0 Å². The van der Waals surface area contributed by atoms with Crippen LogP contribution in [0.4, 0.5) is 26.3 Å². The van der Waals surface area contributed by atoms with Gasteiger partial charge in [-0.15, -0.1) is 13.2 Å². The number of likely N-dealkylation sites (tertiary alicyclic amines) is 1. The molecular formula is C23H23F6NO4S. The highest BCUT2D eigenvalue weighted by Crippen LogP contribution is 2.39. The van der Waals surface area contributed by atoms with Crippen molar-refractivity contribution < 1.29 is 44.3 Å². The van der Waals surface area contributed by atoms with Crippen LogP contribution in [0.5, 0.6) is 5.75 Å². The first-order valence-corrected chi connectivity index (χ1v) is 12.1. The molecule has 0 bridgehead atoms. The Hall–Kier alpha value is -2.76. The second kappa shape index (κ2) is 9.36. The molecule has 1 fully saturated rings. The third-order valence-electron chi connectivity index (χ3n) is 6.26. The van der Waals surface area contributed by atoms with E-state index in [1.807, 2.05) is 0 Å². The zero-order valence-electron chi connectivity index (χ0n) is 18.8. The molecule has 2 aromatic carbocycles. The van der Waals surface area contributed by atoms with Crippen molar-refractivity contribution in [3.63, 3.8) is 0 Å². The van der Waals surface area contributed by atoms with E-state index in [-0.39, 0.29) is 36.4 Å². The van der Waals surface area contributed by atoms with Crippen molar-refractivity contribution in [2.75, 3.05) is 13.1 Å². The summed E-state index contributed by atoms with van der Waals surface area (Å²) in [5.74, 6) is -1.44. The Morgan fingerprint density at radius 2 is 1.51 bits per heavy atom. The SMILES string of the molecule is CC(C)(C1CCN(C(=O)c2cccc(OC(F)(F)F)c2)CC1)S(=O)(=O)c1ccc(C(F)(F)F)cc1. The van der Waals surface area contributed by atoms with Gasteiger partial charge in [0.25, 0.3) is 5.91 Å². The average Bonchev–Trinajstić information content (AvgIpc) is 2.77. The van der Waals surface area contributed by atoms with Gasteiger partial charge in [0.15, 0.2) is 9.84 Å². The van der Waals surface area contributed by atoms with Gasteiger partial charge in [0, 0.05) is 18.7 Å². The molecule has 0 saturated carbocycles. The van der Waals surface area contributed by atoms with Crippen LogP contribution < -0.4 is 4.74 Å². The van der Waals surface area contributed by atoms with E-state index in [0.29, 0.717) is 0 Å². The van der Waals surface area contributed by atoms with Crippen LogP contribution in [0.15, 0.2) is 53.4 Å². The molecule has 2 aromatic rings. The molecule has 0 aliphatic carbocycles. The van der Waals surface area contributed by atoms with E-state index in [2.05, 4.69) is 4.74 Å². The highest BCUT2D eigenvalue weighted by molar-refractivity contribution is 7.92. The van der Waals surface area contributed by atoms with Crippen molar-refractivity contribution in [2.24, 2.45) is 5.92 Å². The average molecular weight is 523 g/mol. The van der Waals surface area contributed by atoms with Gasteiger partial charge in [-0.2, -0.15) is 13.2 Å². The fraction of sp³-hybridized carbons (Fsp3) is 0.435. The topological polar surface area (TPSA) is 63.7 Å². The first-order valence-electron chi connectivity index (χ1n) is 10.6. The molecule has 0 radical (unpaired) electrons. The smallest absolute Gasteiger partial charge is 0.406 e. The van der Waals surface area contributed by atoms with Crippen molar-refractivity contribution in [3.05, 3.63) is 59.7 Å². The van der Waals surface area contributed by atoms with Gasteiger partial charge >= 0.3 is 12.5 Å². The molecule has 3 rings (SSSR count). The molecule has 0 atom stereocenters. The molecule has 1 aliphatic heterocycles. The number of alkyl halides is 6. The van der Waals surface area contributed by atoms with E-state index in [9.17, 15) is 39.6 Å². The molecule has 0 N–H and O–H groups in total. The van der Waals surface area contributed by atoms with Gasteiger partial charge in [-0.3, -0.25) is 4.79 Å². The number of ether oxygens (including phenoxy) is 1. The lowest BCUT2D eigenvalue weighted by molar-refractivity contribution is -0.274. The van der Waals surface area contributed by atoms with Crippen LogP contribution in [-0.2, 0) is 16.0 Å². The Kier molecular flexibility index (Phi) is 7.18. The third-order valence-corrected chi connectivity index (χ3v) is 8.88. The second-order valence-electron chi connectivity index (χ2n) is 8.77. The normalized spacial score (nSPS) is 16.3. The number of piperidine rings is 1. The lowest BCUT2D eigenvalue weighted by Gasteiger charge is -2.40. The number of halogens is 6. The molecule has 35 heavy (non-hydrogen) atoms. The lowest BCUT2D eigenvalue weighted by Crippen LogP contribution is -2.47. The number of nitrogens with zero attached hydrogens (tertiary/aromatic N) is 1. The number of carbonyl (C=O) groups is 1. The summed E-state index contributed by atoms with van der Waals surface area (Å²) >= 11 is 0. The second-order valence-corrected chi connectivity index (χ2v) is 11.3. The maximum atomic E-state index is 13.2. The van der Waals surface area contributed by atoms with E-state index in [1.54, 1.807) is 0 Å². The predicted molar refractivity (Wildman–Crippen MR) is 114 cm³/mol. The largest absolute Gasteiger partial charge is 0.573 e. The van der Waals surface area contributed by atoms with Gasteiger partial charge in [0.05, 0.1) is 15.2 Å². The Morgan fingerprint density at radius 1 is 0.943 bits per heavy atom. The monoisotopic (exact) mass is 523 g/mol. The summed E-state index contributed by atoms with van der Waals surface area (Å²) in [5.41, 5.74) is -0.951. The van der Waals surface area contributed by atoms with Gasteiger partial charge in [-0.25, -0.2) is 8.42 Å². The zero-order valence-corrected chi connectivity index (χ0v) is 19.6. The highest BCUT2D eigenvalue weighted by Gasteiger charge is 2.44. The maximum absolute atomic E-state index is 13.2. The number of sulfone groups is 1. The predicted octanol–water partition coefficient (Wildman–Crippen LogP) is 5.71. The number of benzene rings is 2. The van der Waals surface area contributed by atoms with Crippen LogP contribution in [0.3, 0.4) is 0 Å². The number of hydrogen-bond donors (Lipinski definition) is 0. The van der Waals surface area contributed by atoms with E-state index in [0.717, 1.165) is 36.4 Å². The Labute approximate surface area is 198 Å². The third kappa shape index (κ3) is 5.91. The summed E-state index contributed by atoms with van der Waals surface area (Å²) in [6.07, 6.45) is -8.91. The zero-order chi connectivity index (χ0) is 26.2. The van der Waals surface area contributed by atoms with Gasteiger partial charge in [-0.05, 0) is 75.1 Å². The molecule has 0 spiro atoms. The highest BCUT2D eigenvalue weighted by atomic mass is 32.2. The molecule has 1 saturated heterocycles. The Bertz CT molecular complexity index is 1170. The van der Waals surface area contributed by atoms with Gasteiger partial charge in [0.1, 0.15) is 5.75 Å². The first-order chi connectivity index (χ1) is 16.0. The molecule has 192 valence electrons. The molecule has 1 heterocycles. The summed E-state index contributed by atoms with van der Waals surface area (Å²) < 4.78 is 105. The van der Waals surface area contributed by atoms with Crippen molar-refractivity contribution in [1.29, 1.82) is 0 Å². The molecular weight excluding hydrogens is 500 g/mol. The van der Waals surface area contributed by atoms with E-state index >= 15 is 0 Å². The molecule has 0 aromatic heterocycles. The van der Waals surface area contributed by atoms with Gasteiger partial charge in [0.2, 0.25) is 0 Å². The lowest BCUT2D eigenvalue weighted by atomic mass is 9.85. The minimum absolute atomic E-state index is 0.00170. The summed E-state index contributed by atoms with van der Waals surface area (Å²) in [7, 11) is -4.01. The van der Waals surface area contributed by atoms with Gasteiger partial charge < -0.3 is 9.64 Å². The van der Waals surface area contributed by atoms with E-state index in [1.165, 1.54) is 30.9 Å². The summed E-state index contributed by atoms with van der Waals surface area (Å²) in [6, 6.07) is 8.01. The number of hydrogen-bond acceptors (Lipinski definition) is 4. The number of rotatable bonds is 5. The summed E-state index contributed by atoms with van der Waals surface area (Å²) in [6.45, 7) is 3.33. The van der Waals surface area contributed by atoms with Crippen molar-refractivity contribution in [3.8, 4) is 5.75 Å². The van der Waals surface area contributed by atoms with Crippen LogP contribution in [-0.4, -0.2) is 43.4 Å². The quantitative estimate of drug-likeness (QED) is 0.471. The molecule has 1 aliphatic rings. The Balaban J connectivity index is 1.70. The van der Waals surface area contributed by atoms with Crippen molar-refractivity contribution >= 4 is 15.7 Å². The van der Waals surface area contributed by atoms with Crippen LogP contribution in [0.2, 0.25) is 0 Å². The molecule has 0 unspecified atom stereocenters. The Morgan fingerprint density at radius 3 is 2.03 bits per heavy atom. The fourth-order valence-electron chi connectivity index (χ4n) is 4.13. The fourth-order valence-corrected chi connectivity index (χ4v) is 5.91. The van der Waals surface area contributed by atoms with Crippen LogP contribution in [0.1, 0.15) is 42.6 Å². The summed E-state index contributed by atoms with van der Waals surface area (Å²) in [5, 5.41) is 0. The maximum Gasteiger partial charge on any atom is 0.573 e. The van der Waals surface area contributed by atoms with E-state index < -0.39 is 50.3 Å². The standard InChI is InChI=1S/C23H23F6NO4S/c1-21(2,35(32,33)19-8-6-17(7-9-19)22(24,25)26)16-10-12-30(13-11-16)20(31)15-4-3-5-18(14-15)34-23(27,28)29/h3-9,14,16H,10-13H2,1-2H3. The molecule has 1 amide bonds. The van der Waals surface area contributed by atoms with E-state index in [4.69, 9.17) is 0 Å².